The lowest BCUT2D eigenvalue weighted by atomic mass is 9.46. The second-order valence-electron chi connectivity index (χ2n) is 16.8. The van der Waals surface area contributed by atoms with Crippen LogP contribution in [0.2, 0.25) is 0 Å². The Morgan fingerprint density at radius 3 is 2.02 bits per heavy atom. The third kappa shape index (κ3) is 4.11. The Kier molecular flexibility index (Phi) is 7.20. The number of aromatic hydroxyl groups is 1. The van der Waals surface area contributed by atoms with E-state index >= 15 is 0 Å². The molecule has 0 aliphatic heterocycles. The molecular weight excluding hydrogens is 540 g/mol. The topological polar surface area (TPSA) is 60.7 Å². The molecule has 0 saturated heterocycles. The molecule has 11 atom stereocenters. The lowest BCUT2D eigenvalue weighted by Crippen LogP contribution is -2.54. The second-order valence-corrected chi connectivity index (χ2v) is 16.8. The van der Waals surface area contributed by atoms with E-state index in [1.807, 2.05) is 12.1 Å². The highest BCUT2D eigenvalue weighted by Crippen LogP contribution is 2.68. The van der Waals surface area contributed by atoms with Gasteiger partial charge < -0.3 is 15.3 Å². The van der Waals surface area contributed by atoms with Crippen LogP contribution in [0.1, 0.15) is 128 Å². The van der Waals surface area contributed by atoms with Gasteiger partial charge in [-0.1, -0.05) is 50.3 Å². The molecule has 1 aromatic rings. The van der Waals surface area contributed by atoms with E-state index < -0.39 is 11.2 Å². The fourth-order valence-corrected chi connectivity index (χ4v) is 12.8. The molecule has 8 rings (SSSR count). The lowest BCUT2D eigenvalue weighted by molar-refractivity contribution is -0.0996. The summed E-state index contributed by atoms with van der Waals surface area (Å²) >= 11 is 0. The van der Waals surface area contributed by atoms with Crippen LogP contribution in [0.5, 0.6) is 5.75 Å². The Balaban J connectivity index is 0.000000142. The van der Waals surface area contributed by atoms with E-state index in [1.54, 1.807) is 5.57 Å². The maximum atomic E-state index is 11.0. The minimum atomic E-state index is -0.919. The fourth-order valence-electron chi connectivity index (χ4n) is 12.8. The van der Waals surface area contributed by atoms with Crippen LogP contribution in [0.4, 0.5) is 0 Å². The van der Waals surface area contributed by atoms with Crippen molar-refractivity contribution in [1.82, 2.24) is 0 Å². The minimum Gasteiger partial charge on any atom is -0.508 e. The number of aryl methyl sites for hydroxylation is 1. The van der Waals surface area contributed by atoms with Crippen molar-refractivity contribution >= 4 is 0 Å². The van der Waals surface area contributed by atoms with E-state index in [1.165, 1.54) is 49.7 Å². The van der Waals surface area contributed by atoms with E-state index in [4.69, 9.17) is 12.8 Å². The Hall–Kier alpha value is -2.20. The first-order chi connectivity index (χ1) is 20.9. The lowest BCUT2D eigenvalue weighted by Gasteiger charge is -2.58. The van der Waals surface area contributed by atoms with Gasteiger partial charge in [0.25, 0.3) is 0 Å². The Morgan fingerprint density at radius 2 is 1.34 bits per heavy atom. The molecule has 236 valence electrons. The maximum Gasteiger partial charge on any atom is 0.130 e. The summed E-state index contributed by atoms with van der Waals surface area (Å²) in [6.07, 6.45) is 31.0. The van der Waals surface area contributed by atoms with Crippen LogP contribution in [0, 0.1) is 70.5 Å². The van der Waals surface area contributed by atoms with Crippen LogP contribution in [0.15, 0.2) is 29.8 Å². The van der Waals surface area contributed by atoms with Crippen molar-refractivity contribution in [2.75, 3.05) is 0 Å². The van der Waals surface area contributed by atoms with Crippen molar-refractivity contribution < 1.29 is 15.3 Å². The standard InChI is InChI=1S/C21H30O.C20H24O2/c1-4-21(22)14-11-18-16-9-8-15-7-5-6-12-19(15,2)17(16)10-13-20(18,21)3;1-3-20(22)11-9-18-17-6-4-13-12-14(21)5-7-15(13)16(17)8-10-19(18,20)2/h1,7,16-18,22H,5-6,8-14H2,2-3H3;1,5,7,12,16-18,21-22H,4,6,8-11H2,2H3/t16-,17+,18+,19+,20+,21+;16-,17-,18+,19+,20+/m11/s1. The van der Waals surface area contributed by atoms with Gasteiger partial charge in [0.1, 0.15) is 17.0 Å². The van der Waals surface area contributed by atoms with Gasteiger partial charge in [0.2, 0.25) is 0 Å². The first-order valence-corrected chi connectivity index (χ1v) is 17.8. The molecule has 3 heteroatoms. The highest BCUT2D eigenvalue weighted by Gasteiger charge is 2.64. The van der Waals surface area contributed by atoms with Gasteiger partial charge in [0.05, 0.1) is 0 Å². The largest absolute Gasteiger partial charge is 0.508 e. The van der Waals surface area contributed by atoms with Gasteiger partial charge >= 0.3 is 0 Å². The first kappa shape index (κ1) is 30.5. The first-order valence-electron chi connectivity index (χ1n) is 17.8. The van der Waals surface area contributed by atoms with Crippen LogP contribution in [-0.4, -0.2) is 26.5 Å². The molecule has 7 aliphatic rings. The van der Waals surface area contributed by atoms with Crippen LogP contribution in [-0.2, 0) is 6.42 Å². The summed E-state index contributed by atoms with van der Waals surface area (Å²) in [7, 11) is 0. The van der Waals surface area contributed by atoms with E-state index in [9.17, 15) is 15.3 Å². The van der Waals surface area contributed by atoms with E-state index in [0.717, 1.165) is 69.6 Å². The molecule has 3 nitrogen and oxygen atoms in total. The van der Waals surface area contributed by atoms with Crippen molar-refractivity contribution in [2.24, 2.45) is 45.8 Å². The normalized spacial score (nSPS) is 48.3. The molecule has 1 aromatic carbocycles. The fraction of sp³-hybridized carbons (Fsp3) is 0.707. The van der Waals surface area contributed by atoms with Crippen molar-refractivity contribution in [3.05, 3.63) is 41.0 Å². The summed E-state index contributed by atoms with van der Waals surface area (Å²) in [5.41, 5.74) is 2.99. The number of hydrogen-bond acceptors (Lipinski definition) is 3. The molecule has 0 amide bonds. The summed E-state index contributed by atoms with van der Waals surface area (Å²) < 4.78 is 0. The summed E-state index contributed by atoms with van der Waals surface area (Å²) in [6.45, 7) is 7.04. The predicted molar refractivity (Wildman–Crippen MR) is 177 cm³/mol. The van der Waals surface area contributed by atoms with Crippen LogP contribution < -0.4 is 0 Å². The van der Waals surface area contributed by atoms with Crippen LogP contribution in [0.25, 0.3) is 0 Å². The highest BCUT2D eigenvalue weighted by atomic mass is 16.3. The SMILES string of the molecule is C#C[C@]1(O)CC[C@H]2[C@@H]3CCC4=CCCC[C@]4(C)[C@H]3CC[C@@]21C.C#C[C@]1(O)CC[C@H]2[C@@H]3CCc4cc(O)ccc4[C@H]3CC[C@@]21C. The van der Waals surface area contributed by atoms with Crippen molar-refractivity contribution in [3.63, 3.8) is 0 Å². The molecular formula is C41H54O3. The summed E-state index contributed by atoms with van der Waals surface area (Å²) in [5.74, 6) is 9.84. The van der Waals surface area contributed by atoms with E-state index in [0.29, 0.717) is 34.8 Å². The number of phenolic OH excluding ortho intramolecular Hbond substituents is 1. The molecule has 5 fully saturated rings. The van der Waals surface area contributed by atoms with Gasteiger partial charge in [-0.3, -0.25) is 0 Å². The van der Waals surface area contributed by atoms with Crippen molar-refractivity contribution in [1.29, 1.82) is 0 Å². The number of hydrogen-bond donors (Lipinski definition) is 3. The molecule has 5 saturated carbocycles. The van der Waals surface area contributed by atoms with E-state index in [2.05, 4.69) is 44.8 Å². The molecule has 0 unspecified atom stereocenters. The van der Waals surface area contributed by atoms with Gasteiger partial charge in [-0.15, -0.1) is 12.8 Å². The molecule has 0 heterocycles. The highest BCUT2D eigenvalue weighted by molar-refractivity contribution is 5.40. The predicted octanol–water partition coefficient (Wildman–Crippen LogP) is 8.32. The Bertz CT molecular complexity index is 1430. The summed E-state index contributed by atoms with van der Waals surface area (Å²) in [6, 6.07) is 5.87. The number of aliphatic hydroxyl groups is 2. The van der Waals surface area contributed by atoms with Gasteiger partial charge in [-0.25, -0.2) is 0 Å². The number of benzene rings is 1. The Labute approximate surface area is 266 Å². The van der Waals surface area contributed by atoms with Gasteiger partial charge in [0, 0.05) is 10.8 Å². The Morgan fingerprint density at radius 1 is 0.727 bits per heavy atom. The van der Waals surface area contributed by atoms with Crippen molar-refractivity contribution in [3.8, 4) is 30.4 Å². The van der Waals surface area contributed by atoms with Gasteiger partial charge in [0.15, 0.2) is 0 Å². The second kappa shape index (κ2) is 10.4. The third-order valence-corrected chi connectivity index (χ3v) is 15.5. The number of phenols is 1. The molecule has 0 spiro atoms. The maximum absolute atomic E-state index is 11.0. The molecule has 7 aliphatic carbocycles. The smallest absolute Gasteiger partial charge is 0.130 e. The number of rotatable bonds is 0. The molecule has 3 N–H and O–H groups in total. The molecule has 0 aromatic heterocycles. The number of allylic oxidation sites excluding steroid dienone is 2. The zero-order chi connectivity index (χ0) is 31.1. The molecule has 0 bridgehead atoms. The quantitative estimate of drug-likeness (QED) is 0.209. The van der Waals surface area contributed by atoms with Crippen LogP contribution >= 0.6 is 0 Å². The average molecular weight is 595 g/mol. The monoisotopic (exact) mass is 594 g/mol. The van der Waals surface area contributed by atoms with Gasteiger partial charge in [-0.2, -0.15) is 0 Å². The third-order valence-electron chi connectivity index (χ3n) is 15.5. The number of fused-ring (bicyclic) bond motifs is 10. The zero-order valence-corrected chi connectivity index (χ0v) is 27.4. The minimum absolute atomic E-state index is 0.0465. The molecule has 0 radical (unpaired) electrons. The van der Waals surface area contributed by atoms with Crippen molar-refractivity contribution in [2.45, 2.75) is 134 Å². The zero-order valence-electron chi connectivity index (χ0n) is 27.4. The molecule has 44 heavy (non-hydrogen) atoms. The van der Waals surface area contributed by atoms with Crippen LogP contribution in [0.3, 0.4) is 0 Å². The van der Waals surface area contributed by atoms with E-state index in [-0.39, 0.29) is 10.8 Å². The number of terminal acetylenes is 2. The van der Waals surface area contributed by atoms with Gasteiger partial charge in [-0.05, 0) is 160 Å². The average Bonchev–Trinajstić information content (AvgIpc) is 3.46. The summed E-state index contributed by atoms with van der Waals surface area (Å²) in [5, 5.41) is 31.6. The summed E-state index contributed by atoms with van der Waals surface area (Å²) in [4.78, 5) is 0.